The van der Waals surface area contributed by atoms with E-state index in [2.05, 4.69) is 104 Å². The molecular formula is C68H121NO3. The molecule has 0 saturated carbocycles. The van der Waals surface area contributed by atoms with E-state index in [1.165, 1.54) is 218 Å². The zero-order valence-corrected chi connectivity index (χ0v) is 47.9. The Morgan fingerprint density at radius 3 is 0.917 bits per heavy atom. The Morgan fingerprint density at radius 2 is 0.611 bits per heavy atom. The molecule has 0 aliphatic heterocycles. The van der Waals surface area contributed by atoms with Crippen LogP contribution in [-0.2, 0) is 4.79 Å². The van der Waals surface area contributed by atoms with Crippen LogP contribution in [-0.4, -0.2) is 34.9 Å². The number of aliphatic hydroxyl groups is 2. The number of carbonyl (C=O) groups excluding carboxylic acids is 1. The maximum absolute atomic E-state index is 12.5. The molecule has 72 heavy (non-hydrogen) atoms. The van der Waals surface area contributed by atoms with Crippen molar-refractivity contribution in [2.24, 2.45) is 0 Å². The van der Waals surface area contributed by atoms with Crippen LogP contribution in [0.15, 0.2) is 97.2 Å². The Hall–Kier alpha value is -2.69. The Balaban J connectivity index is 3.52. The maximum atomic E-state index is 12.5. The second kappa shape index (κ2) is 62.6. The van der Waals surface area contributed by atoms with E-state index in [1.807, 2.05) is 6.08 Å². The summed E-state index contributed by atoms with van der Waals surface area (Å²) in [5.74, 6) is -0.0652. The molecule has 0 aliphatic carbocycles. The highest BCUT2D eigenvalue weighted by Crippen LogP contribution is 2.17. The first kappa shape index (κ1) is 69.3. The third kappa shape index (κ3) is 58.2. The maximum Gasteiger partial charge on any atom is 0.220 e. The van der Waals surface area contributed by atoms with E-state index in [9.17, 15) is 15.0 Å². The molecule has 0 saturated heterocycles. The van der Waals surface area contributed by atoms with Crippen LogP contribution < -0.4 is 5.32 Å². The Kier molecular flexibility index (Phi) is 60.3. The zero-order chi connectivity index (χ0) is 52.0. The van der Waals surface area contributed by atoms with Gasteiger partial charge in [-0.05, 0) is 77.0 Å². The van der Waals surface area contributed by atoms with Crippen molar-refractivity contribution in [1.29, 1.82) is 0 Å². The third-order valence-corrected chi connectivity index (χ3v) is 14.1. The van der Waals surface area contributed by atoms with Crippen molar-refractivity contribution in [3.63, 3.8) is 0 Å². The Labute approximate surface area is 449 Å². The number of nitrogens with one attached hydrogen (secondary N) is 1. The first-order valence-corrected chi connectivity index (χ1v) is 31.5. The topological polar surface area (TPSA) is 69.6 Å². The van der Waals surface area contributed by atoms with Gasteiger partial charge in [0.15, 0.2) is 0 Å². The monoisotopic (exact) mass is 1000 g/mol. The van der Waals surface area contributed by atoms with Crippen molar-refractivity contribution in [3.8, 4) is 0 Å². The normalized spacial score (nSPS) is 13.4. The molecule has 0 aromatic carbocycles. The molecule has 0 fully saturated rings. The fourth-order valence-corrected chi connectivity index (χ4v) is 9.34. The first-order valence-electron chi connectivity index (χ1n) is 31.5. The Morgan fingerprint density at radius 1 is 0.347 bits per heavy atom. The number of carbonyl (C=O) groups is 1. The molecule has 0 rings (SSSR count). The second-order valence-electron chi connectivity index (χ2n) is 21.1. The van der Waals surface area contributed by atoms with E-state index in [1.54, 1.807) is 6.08 Å². The van der Waals surface area contributed by atoms with Gasteiger partial charge in [0.25, 0.3) is 0 Å². The van der Waals surface area contributed by atoms with Gasteiger partial charge < -0.3 is 15.5 Å². The van der Waals surface area contributed by atoms with Gasteiger partial charge in [0, 0.05) is 6.42 Å². The van der Waals surface area contributed by atoms with Crippen LogP contribution in [0.25, 0.3) is 0 Å². The van der Waals surface area contributed by atoms with E-state index < -0.39 is 12.1 Å². The van der Waals surface area contributed by atoms with Gasteiger partial charge in [-0.25, -0.2) is 0 Å². The van der Waals surface area contributed by atoms with Gasteiger partial charge in [-0.2, -0.15) is 0 Å². The molecule has 2 unspecified atom stereocenters. The number of hydrogen-bond acceptors (Lipinski definition) is 3. The summed E-state index contributed by atoms with van der Waals surface area (Å²) in [6, 6.07) is -0.629. The third-order valence-electron chi connectivity index (χ3n) is 14.1. The van der Waals surface area contributed by atoms with Gasteiger partial charge in [-0.15, -0.1) is 0 Å². The van der Waals surface area contributed by atoms with Crippen molar-refractivity contribution in [1.82, 2.24) is 5.32 Å². The van der Waals surface area contributed by atoms with Gasteiger partial charge in [0.05, 0.1) is 18.8 Å². The predicted octanol–water partition coefficient (Wildman–Crippen LogP) is 21.3. The van der Waals surface area contributed by atoms with Crippen LogP contribution in [0.5, 0.6) is 0 Å². The van der Waals surface area contributed by atoms with Crippen LogP contribution >= 0.6 is 0 Å². The van der Waals surface area contributed by atoms with Crippen LogP contribution in [0.1, 0.15) is 309 Å². The van der Waals surface area contributed by atoms with Gasteiger partial charge in [-0.3, -0.25) is 4.79 Å². The van der Waals surface area contributed by atoms with Crippen LogP contribution in [0, 0.1) is 0 Å². The van der Waals surface area contributed by atoms with Gasteiger partial charge >= 0.3 is 0 Å². The van der Waals surface area contributed by atoms with Crippen molar-refractivity contribution in [2.75, 3.05) is 6.61 Å². The first-order chi connectivity index (χ1) is 35.7. The molecule has 2 atom stereocenters. The van der Waals surface area contributed by atoms with Crippen molar-refractivity contribution in [3.05, 3.63) is 97.2 Å². The molecule has 0 heterocycles. The molecule has 0 bridgehead atoms. The van der Waals surface area contributed by atoms with E-state index in [0.717, 1.165) is 70.6 Å². The summed E-state index contributed by atoms with van der Waals surface area (Å²) in [4.78, 5) is 12.5. The molecule has 0 aliphatic rings. The van der Waals surface area contributed by atoms with E-state index in [4.69, 9.17) is 0 Å². The fourth-order valence-electron chi connectivity index (χ4n) is 9.34. The molecule has 0 spiro atoms. The minimum absolute atomic E-state index is 0.0652. The minimum atomic E-state index is -0.846. The number of rotatable bonds is 57. The predicted molar refractivity (Wildman–Crippen MR) is 322 cm³/mol. The molecule has 4 nitrogen and oxygen atoms in total. The van der Waals surface area contributed by atoms with Gasteiger partial charge in [-0.1, -0.05) is 323 Å². The highest BCUT2D eigenvalue weighted by atomic mass is 16.3. The summed E-state index contributed by atoms with van der Waals surface area (Å²) in [6.07, 6.45) is 93.0. The Bertz CT molecular complexity index is 1320. The van der Waals surface area contributed by atoms with Crippen molar-refractivity contribution >= 4 is 5.91 Å². The summed E-state index contributed by atoms with van der Waals surface area (Å²) in [5.41, 5.74) is 0. The molecule has 416 valence electrons. The molecule has 0 radical (unpaired) electrons. The molecule has 4 heteroatoms. The molecule has 0 aromatic heterocycles. The smallest absolute Gasteiger partial charge is 0.220 e. The molecule has 0 aromatic rings. The lowest BCUT2D eigenvalue weighted by Gasteiger charge is -2.20. The number of aliphatic hydroxyl groups excluding tert-OH is 2. The number of unbranched alkanes of at least 4 members (excludes halogenated alkanes) is 36. The number of amides is 1. The quantitative estimate of drug-likeness (QED) is 0.0420. The lowest BCUT2D eigenvalue weighted by molar-refractivity contribution is -0.123. The summed E-state index contributed by atoms with van der Waals surface area (Å²) < 4.78 is 0. The van der Waals surface area contributed by atoms with Gasteiger partial charge in [0.2, 0.25) is 5.91 Å². The average Bonchev–Trinajstić information content (AvgIpc) is 3.39. The minimum Gasteiger partial charge on any atom is -0.394 e. The fraction of sp³-hybridized carbons (Fsp3) is 0.750. The average molecular weight is 1000 g/mol. The molecular weight excluding hydrogens is 879 g/mol. The zero-order valence-electron chi connectivity index (χ0n) is 47.9. The highest BCUT2D eigenvalue weighted by molar-refractivity contribution is 5.76. The summed E-state index contributed by atoms with van der Waals surface area (Å²) >= 11 is 0. The molecule has 3 N–H and O–H groups in total. The van der Waals surface area contributed by atoms with Gasteiger partial charge in [0.1, 0.15) is 0 Å². The summed E-state index contributed by atoms with van der Waals surface area (Å²) in [7, 11) is 0. The van der Waals surface area contributed by atoms with E-state index in [-0.39, 0.29) is 12.5 Å². The number of hydrogen-bond donors (Lipinski definition) is 3. The van der Waals surface area contributed by atoms with Crippen LogP contribution in [0.2, 0.25) is 0 Å². The van der Waals surface area contributed by atoms with E-state index in [0.29, 0.717) is 6.42 Å². The number of allylic oxidation sites excluding steroid dienone is 15. The summed E-state index contributed by atoms with van der Waals surface area (Å²) in [6.45, 7) is 4.22. The SMILES string of the molecule is CC/C=C\C/C=C\C/C=C\C/C=C\C/C=C\C/C=C\C/C=C\CCCCCCCCCCCCCCCC(=O)NC(CO)C(O)/C=C/CCCCCCCCCCCCCCCCCCCCCCCCC. The largest absolute Gasteiger partial charge is 0.394 e. The second-order valence-corrected chi connectivity index (χ2v) is 21.1. The lowest BCUT2D eigenvalue weighted by Crippen LogP contribution is -2.45. The van der Waals surface area contributed by atoms with Crippen molar-refractivity contribution in [2.45, 2.75) is 321 Å². The molecule has 1 amide bonds. The lowest BCUT2D eigenvalue weighted by atomic mass is 10.0. The van der Waals surface area contributed by atoms with Crippen LogP contribution in [0.4, 0.5) is 0 Å². The summed E-state index contributed by atoms with van der Waals surface area (Å²) in [5, 5.41) is 23.2. The standard InChI is InChI=1S/C68H121NO3/c1-3-5-7-9-11-13-15-17-19-21-23-25-27-29-30-31-32-33-34-35-36-37-38-40-42-44-46-48-50-52-54-56-58-60-62-64-68(72)69-66(65-70)67(71)63-61-59-57-55-53-51-49-47-45-43-41-39-28-26-24-22-20-18-16-14-12-10-8-6-4-2/h5,7,11,13,17,19,23,25,29-30,32-33,35-36,61,63,66-67,70-71H,3-4,6,8-10,12,14-16,18,20-22,24,26-28,31,34,37-60,62,64-65H2,1-2H3,(H,69,72)/b7-5-,13-11-,19-17-,25-23-,30-29-,33-32-,36-35-,63-61+. The van der Waals surface area contributed by atoms with Crippen molar-refractivity contribution < 1.29 is 15.0 Å². The highest BCUT2D eigenvalue weighted by Gasteiger charge is 2.18. The van der Waals surface area contributed by atoms with E-state index >= 15 is 0 Å². The van der Waals surface area contributed by atoms with Crippen LogP contribution in [0.3, 0.4) is 0 Å².